The molecule has 18 heavy (non-hydrogen) atoms. The van der Waals surface area contributed by atoms with Gasteiger partial charge in [-0.25, -0.2) is 0 Å². The first kappa shape index (κ1) is 17.9. The predicted octanol–water partition coefficient (Wildman–Crippen LogP) is 4.22. The molecule has 2 saturated carbocycles. The van der Waals surface area contributed by atoms with Crippen LogP contribution in [0.1, 0.15) is 90.9 Å². The average molecular weight is 257 g/mol. The number of unbranched alkanes of at least 4 members (excludes halogenated alkanes) is 1. The molecule has 2 nitrogen and oxygen atoms in total. The molecule has 2 heteroatoms. The van der Waals surface area contributed by atoms with Gasteiger partial charge in [-0.15, -0.1) is 0 Å². The van der Waals surface area contributed by atoms with E-state index in [-0.39, 0.29) is 5.48 Å². The molecule has 0 saturated heterocycles. The molecule has 0 amide bonds. The number of hydrogen-bond donors (Lipinski definition) is 1. The summed E-state index contributed by atoms with van der Waals surface area (Å²) >= 11 is 0. The number of nitrogens with one attached hydrogen (secondary N) is 1. The third-order valence-corrected chi connectivity index (χ3v) is 4.18. The molecule has 0 bridgehead atoms. The molecule has 0 aromatic carbocycles. The second kappa shape index (κ2) is 12.0. The smallest absolute Gasteiger partial charge is 0.00696 e. The number of hydrogen-bond acceptors (Lipinski definition) is 1. The van der Waals surface area contributed by atoms with Crippen molar-refractivity contribution < 1.29 is 5.48 Å². The van der Waals surface area contributed by atoms with Crippen molar-refractivity contribution in [3.8, 4) is 0 Å². The van der Waals surface area contributed by atoms with Crippen molar-refractivity contribution in [2.45, 2.75) is 103 Å². The van der Waals surface area contributed by atoms with Crippen molar-refractivity contribution in [3.05, 3.63) is 0 Å². The molecular weight excluding hydrogens is 222 g/mol. The lowest BCUT2D eigenvalue weighted by Gasteiger charge is -2.30. The molecule has 2 fully saturated rings. The Hall–Kier alpha value is -0.0800. The Morgan fingerprint density at radius 2 is 1.00 bits per heavy atom. The fourth-order valence-corrected chi connectivity index (χ4v) is 2.87. The van der Waals surface area contributed by atoms with Crippen molar-refractivity contribution in [1.29, 1.82) is 0 Å². The molecule has 2 rings (SSSR count). The van der Waals surface area contributed by atoms with E-state index in [1.54, 1.807) is 0 Å². The van der Waals surface area contributed by atoms with Crippen LogP contribution >= 0.6 is 0 Å². The van der Waals surface area contributed by atoms with Gasteiger partial charge >= 0.3 is 0 Å². The van der Waals surface area contributed by atoms with Gasteiger partial charge in [-0.1, -0.05) is 65.2 Å². The molecular formula is C16H35NO. The molecule has 0 spiro atoms. The van der Waals surface area contributed by atoms with Crippen LogP contribution in [0.2, 0.25) is 0 Å². The molecule has 0 aromatic rings. The van der Waals surface area contributed by atoms with E-state index in [2.05, 4.69) is 19.2 Å². The highest BCUT2D eigenvalue weighted by Crippen LogP contribution is 2.22. The zero-order valence-electron chi connectivity index (χ0n) is 12.6. The van der Waals surface area contributed by atoms with Crippen molar-refractivity contribution in [2.75, 3.05) is 0 Å². The van der Waals surface area contributed by atoms with Gasteiger partial charge in [0.1, 0.15) is 0 Å². The van der Waals surface area contributed by atoms with E-state index in [0.29, 0.717) is 0 Å². The van der Waals surface area contributed by atoms with Gasteiger partial charge in [-0.3, -0.25) is 0 Å². The Morgan fingerprint density at radius 1 is 0.667 bits per heavy atom. The highest BCUT2D eigenvalue weighted by molar-refractivity contribution is 4.79. The third-order valence-electron chi connectivity index (χ3n) is 4.18. The van der Waals surface area contributed by atoms with Gasteiger partial charge < -0.3 is 10.8 Å². The summed E-state index contributed by atoms with van der Waals surface area (Å²) in [5.41, 5.74) is 0. The maximum absolute atomic E-state index is 3.86. The highest BCUT2D eigenvalue weighted by atomic mass is 16.0. The van der Waals surface area contributed by atoms with Gasteiger partial charge in [0.2, 0.25) is 0 Å². The van der Waals surface area contributed by atoms with E-state index >= 15 is 0 Å². The van der Waals surface area contributed by atoms with Crippen LogP contribution in [0.25, 0.3) is 0 Å². The van der Waals surface area contributed by atoms with Gasteiger partial charge in [0.05, 0.1) is 0 Å². The van der Waals surface area contributed by atoms with Crippen molar-refractivity contribution in [3.63, 3.8) is 0 Å². The Bertz CT molecular complexity index is 142. The van der Waals surface area contributed by atoms with E-state index in [0.717, 1.165) is 12.1 Å². The van der Waals surface area contributed by atoms with Crippen LogP contribution in [0.4, 0.5) is 0 Å². The maximum atomic E-state index is 3.86. The summed E-state index contributed by atoms with van der Waals surface area (Å²) in [5, 5.41) is 3.86. The Balaban J connectivity index is 0.000000512. The van der Waals surface area contributed by atoms with E-state index in [1.165, 1.54) is 77.0 Å². The van der Waals surface area contributed by atoms with Crippen molar-refractivity contribution in [1.82, 2.24) is 5.32 Å². The lowest BCUT2D eigenvalue weighted by Crippen LogP contribution is -2.40. The Labute approximate surface area is 114 Å². The van der Waals surface area contributed by atoms with Gasteiger partial charge in [-0.05, 0) is 25.7 Å². The standard InChI is InChI=1S/C12H23N.C4H10.H2O/c1-3-7-11(8-4-1)13-12-9-5-2-6-10-12;1-3-4-2;/h11-13H,1-10H2;3-4H2,1-2H3;1H2. The fraction of sp³-hybridized carbons (Fsp3) is 1.00. The SMILES string of the molecule is C1CCC(NC2CCCCC2)CC1.CCCC.O. The molecule has 0 aliphatic heterocycles. The maximum Gasteiger partial charge on any atom is 0.00696 e. The van der Waals surface area contributed by atoms with Gasteiger partial charge in [0.25, 0.3) is 0 Å². The third kappa shape index (κ3) is 8.10. The van der Waals surface area contributed by atoms with Crippen LogP contribution in [0, 0.1) is 0 Å². The first-order chi connectivity index (χ1) is 8.36. The van der Waals surface area contributed by atoms with Gasteiger partial charge in [0, 0.05) is 12.1 Å². The van der Waals surface area contributed by atoms with Crippen LogP contribution in [-0.4, -0.2) is 17.6 Å². The summed E-state index contributed by atoms with van der Waals surface area (Å²) in [6, 6.07) is 1.74. The van der Waals surface area contributed by atoms with Crippen LogP contribution < -0.4 is 5.32 Å². The normalized spacial score (nSPS) is 21.7. The zero-order valence-corrected chi connectivity index (χ0v) is 12.6. The second-order valence-electron chi connectivity index (χ2n) is 5.84. The fourth-order valence-electron chi connectivity index (χ4n) is 2.87. The van der Waals surface area contributed by atoms with Crippen molar-refractivity contribution >= 4 is 0 Å². The summed E-state index contributed by atoms with van der Waals surface area (Å²) in [6.45, 7) is 4.36. The minimum absolute atomic E-state index is 0. The van der Waals surface area contributed by atoms with E-state index in [9.17, 15) is 0 Å². The summed E-state index contributed by atoms with van der Waals surface area (Å²) in [7, 11) is 0. The average Bonchev–Trinajstić information content (AvgIpc) is 2.41. The Morgan fingerprint density at radius 3 is 1.28 bits per heavy atom. The second-order valence-corrected chi connectivity index (χ2v) is 5.84. The predicted molar refractivity (Wildman–Crippen MR) is 81.1 cm³/mol. The minimum atomic E-state index is 0. The van der Waals surface area contributed by atoms with Crippen LogP contribution in [0.15, 0.2) is 0 Å². The molecule has 0 radical (unpaired) electrons. The molecule has 3 N–H and O–H groups in total. The summed E-state index contributed by atoms with van der Waals surface area (Å²) in [4.78, 5) is 0. The largest absolute Gasteiger partial charge is 0.412 e. The van der Waals surface area contributed by atoms with E-state index < -0.39 is 0 Å². The highest BCUT2D eigenvalue weighted by Gasteiger charge is 2.19. The lowest BCUT2D eigenvalue weighted by atomic mass is 9.91. The van der Waals surface area contributed by atoms with Gasteiger partial charge in [-0.2, -0.15) is 0 Å². The summed E-state index contributed by atoms with van der Waals surface area (Å²) < 4.78 is 0. The summed E-state index contributed by atoms with van der Waals surface area (Å²) in [6.07, 6.45) is 17.2. The molecule has 2 aliphatic rings. The lowest BCUT2D eigenvalue weighted by molar-refractivity contribution is 0.291. The topological polar surface area (TPSA) is 43.5 Å². The molecule has 0 aromatic heterocycles. The van der Waals surface area contributed by atoms with E-state index in [4.69, 9.17) is 0 Å². The summed E-state index contributed by atoms with van der Waals surface area (Å²) in [5.74, 6) is 0. The van der Waals surface area contributed by atoms with Crippen molar-refractivity contribution in [2.24, 2.45) is 0 Å². The molecule has 110 valence electrons. The molecule has 0 unspecified atom stereocenters. The van der Waals surface area contributed by atoms with Crippen LogP contribution in [0.5, 0.6) is 0 Å². The molecule has 0 heterocycles. The zero-order chi connectivity index (χ0) is 12.3. The quantitative estimate of drug-likeness (QED) is 0.808. The first-order valence-electron chi connectivity index (χ1n) is 8.12. The number of rotatable bonds is 3. The monoisotopic (exact) mass is 257 g/mol. The first-order valence-corrected chi connectivity index (χ1v) is 8.12. The molecule has 2 aliphatic carbocycles. The minimum Gasteiger partial charge on any atom is -0.412 e. The molecule has 0 atom stereocenters. The van der Waals surface area contributed by atoms with Crippen LogP contribution in [-0.2, 0) is 0 Å². The Kier molecular flexibility index (Phi) is 11.9. The van der Waals surface area contributed by atoms with Gasteiger partial charge in [0.15, 0.2) is 0 Å². The van der Waals surface area contributed by atoms with Crippen LogP contribution in [0.3, 0.4) is 0 Å². The van der Waals surface area contributed by atoms with E-state index in [1.807, 2.05) is 0 Å².